The normalized spacial score (nSPS) is 12.8. The predicted octanol–water partition coefficient (Wildman–Crippen LogP) is 7.52. The first-order valence-corrected chi connectivity index (χ1v) is 16.7. The van der Waals surface area contributed by atoms with Crippen molar-refractivity contribution in [2.45, 2.75) is 90.1 Å². The maximum atomic E-state index is 11.5. The predicted molar refractivity (Wildman–Crippen MR) is 157 cm³/mol. The van der Waals surface area contributed by atoms with Crippen LogP contribution in [0, 0.1) is 0 Å². The molecular formula is C29H38AuF6N3O4S2+2. The SMILES string of the molecule is CC(C)c1cccc(C(C)C)c1-n1cc[n+](-c2c(C(C)C)cccc2C(C)C)c1.O=S(=O)(NS(=O)(=O)C(F)(F)F)C(F)(F)F.[Au+]. The largest absolute Gasteiger partial charge is 1.00 e. The summed E-state index contributed by atoms with van der Waals surface area (Å²) in [5, 5.41) is 0. The number of imidazole rings is 1. The first-order valence-electron chi connectivity index (χ1n) is 13.7. The summed E-state index contributed by atoms with van der Waals surface area (Å²) in [5.41, 5.74) is -4.01. The van der Waals surface area contributed by atoms with Crippen molar-refractivity contribution in [1.82, 2.24) is 8.69 Å². The van der Waals surface area contributed by atoms with Gasteiger partial charge >= 0.3 is 53.4 Å². The summed E-state index contributed by atoms with van der Waals surface area (Å²) in [6.45, 7) is 18.3. The topological polar surface area (TPSA) is 89.1 Å². The fraction of sp³-hybridized carbons (Fsp3) is 0.483. The summed E-state index contributed by atoms with van der Waals surface area (Å²) in [6, 6.07) is 13.5. The molecule has 7 nitrogen and oxygen atoms in total. The van der Waals surface area contributed by atoms with Crippen LogP contribution in [-0.4, -0.2) is 32.4 Å². The van der Waals surface area contributed by atoms with Crippen molar-refractivity contribution >= 4 is 20.0 Å². The Kier molecular flexibility index (Phi) is 13.8. The van der Waals surface area contributed by atoms with E-state index in [2.05, 4.69) is 120 Å². The fourth-order valence-corrected chi connectivity index (χ4v) is 6.39. The first kappa shape index (κ1) is 40.9. The zero-order chi connectivity index (χ0) is 34.0. The molecule has 3 rings (SSSR count). The van der Waals surface area contributed by atoms with Crippen LogP contribution < -0.4 is 8.69 Å². The average Bonchev–Trinajstić information content (AvgIpc) is 3.35. The summed E-state index contributed by atoms with van der Waals surface area (Å²) < 4.78 is 113. The molecule has 0 atom stereocenters. The van der Waals surface area contributed by atoms with Gasteiger partial charge in [-0.05, 0) is 23.7 Å². The second kappa shape index (κ2) is 15.2. The van der Waals surface area contributed by atoms with Crippen LogP contribution in [0.5, 0.6) is 0 Å². The number of rotatable bonds is 8. The third-order valence-electron chi connectivity index (χ3n) is 6.67. The van der Waals surface area contributed by atoms with E-state index in [1.807, 2.05) is 0 Å². The number of hydrogen-bond donors (Lipinski definition) is 1. The number of hydrogen-bond acceptors (Lipinski definition) is 4. The van der Waals surface area contributed by atoms with Crippen LogP contribution >= 0.6 is 0 Å². The Hall–Kier alpha value is -2.17. The molecule has 256 valence electrons. The summed E-state index contributed by atoms with van der Waals surface area (Å²) in [4.78, 5) is 0. The molecule has 0 radical (unpaired) electrons. The minimum Gasteiger partial charge on any atom is -0.202 e. The average molecular weight is 868 g/mol. The summed E-state index contributed by atoms with van der Waals surface area (Å²) in [5.74, 6) is 1.92. The molecule has 0 saturated carbocycles. The molecule has 0 aliphatic rings. The zero-order valence-corrected chi connectivity index (χ0v) is 29.7. The molecule has 3 aromatic rings. The number of aromatic nitrogens is 2. The first-order chi connectivity index (χ1) is 19.9. The van der Waals surface area contributed by atoms with E-state index in [1.54, 1.807) is 0 Å². The molecule has 0 fully saturated rings. The van der Waals surface area contributed by atoms with Crippen LogP contribution in [0.2, 0.25) is 0 Å². The summed E-state index contributed by atoms with van der Waals surface area (Å²) in [7, 11) is -13.2. The molecule has 0 aliphatic heterocycles. The van der Waals surface area contributed by atoms with Gasteiger partial charge in [-0.2, -0.15) is 26.3 Å². The minimum atomic E-state index is -6.60. The zero-order valence-electron chi connectivity index (χ0n) is 25.9. The van der Waals surface area contributed by atoms with Crippen LogP contribution in [0.3, 0.4) is 0 Å². The molecule has 2 aromatic carbocycles. The van der Waals surface area contributed by atoms with E-state index in [4.69, 9.17) is 0 Å². The van der Waals surface area contributed by atoms with Crippen LogP contribution in [0.15, 0.2) is 55.1 Å². The van der Waals surface area contributed by atoms with Gasteiger partial charge in [0, 0.05) is 22.3 Å². The second-order valence-corrected chi connectivity index (χ2v) is 15.0. The van der Waals surface area contributed by atoms with Crippen molar-refractivity contribution in [2.75, 3.05) is 0 Å². The molecule has 1 heterocycles. The molecular weight excluding hydrogens is 829 g/mol. The number of benzene rings is 2. The maximum Gasteiger partial charge on any atom is 1.00 e. The minimum absolute atomic E-state index is 0. The molecule has 45 heavy (non-hydrogen) atoms. The van der Waals surface area contributed by atoms with Gasteiger partial charge in [0.1, 0.15) is 23.8 Å². The van der Waals surface area contributed by atoms with Gasteiger partial charge in [0.25, 0.3) is 6.33 Å². The van der Waals surface area contributed by atoms with Crippen molar-refractivity contribution in [1.29, 1.82) is 0 Å². The molecule has 1 N–H and O–H groups in total. The van der Waals surface area contributed by atoms with Crippen LogP contribution in [-0.2, 0) is 42.4 Å². The maximum absolute atomic E-state index is 11.5. The van der Waals surface area contributed by atoms with E-state index >= 15 is 0 Å². The molecule has 0 spiro atoms. The Labute approximate surface area is 276 Å². The molecule has 0 amide bonds. The van der Waals surface area contributed by atoms with E-state index in [1.165, 1.54) is 33.6 Å². The van der Waals surface area contributed by atoms with E-state index in [0.29, 0.717) is 23.7 Å². The van der Waals surface area contributed by atoms with Crippen molar-refractivity contribution in [3.05, 3.63) is 77.4 Å². The number of sulfonamides is 2. The number of halogens is 6. The van der Waals surface area contributed by atoms with E-state index in [0.717, 1.165) is 0 Å². The van der Waals surface area contributed by atoms with Gasteiger partial charge in [0.05, 0.1) is 0 Å². The Morgan fingerprint density at radius 1 is 0.644 bits per heavy atom. The number of para-hydroxylation sites is 2. The van der Waals surface area contributed by atoms with Gasteiger partial charge < -0.3 is 0 Å². The molecule has 16 heteroatoms. The monoisotopic (exact) mass is 867 g/mol. The Balaban J connectivity index is 0.000000541. The Morgan fingerprint density at radius 3 is 1.29 bits per heavy atom. The number of nitrogens with zero attached hydrogens (tertiary/aromatic N) is 2. The van der Waals surface area contributed by atoms with Gasteiger partial charge in [0.15, 0.2) is 0 Å². The molecule has 0 saturated heterocycles. The van der Waals surface area contributed by atoms with E-state index in [9.17, 15) is 43.2 Å². The standard InChI is InChI=1S/C27H37N2.C2HF6NO4S2.Au/c1-18(2)22-11-9-12-23(19(3)4)26(22)28-15-16-29(17-28)27-24(20(5)6)13-10-14-25(27)21(7)8;3-1(4,5)14(10,11)9-15(12,13)2(6,7)8;/h9-21H,1-8H3;9H;/q+1;;+1. The molecule has 0 aliphatic carbocycles. The van der Waals surface area contributed by atoms with Crippen LogP contribution in [0.4, 0.5) is 26.3 Å². The van der Waals surface area contributed by atoms with Crippen molar-refractivity contribution < 1.29 is 70.1 Å². The summed E-state index contributed by atoms with van der Waals surface area (Å²) >= 11 is 0. The quantitative estimate of drug-likeness (QED) is 0.144. The third-order valence-corrected chi connectivity index (χ3v) is 9.64. The second-order valence-electron chi connectivity index (χ2n) is 11.4. The summed E-state index contributed by atoms with van der Waals surface area (Å²) in [6.07, 6.45) is 6.70. The van der Waals surface area contributed by atoms with Crippen LogP contribution in [0.25, 0.3) is 11.4 Å². The third kappa shape index (κ3) is 9.67. The van der Waals surface area contributed by atoms with Gasteiger partial charge in [-0.3, -0.25) is 0 Å². The van der Waals surface area contributed by atoms with Crippen molar-refractivity contribution in [2.24, 2.45) is 0 Å². The van der Waals surface area contributed by atoms with Gasteiger partial charge in [-0.1, -0.05) is 95.9 Å². The Morgan fingerprint density at radius 2 is 0.978 bits per heavy atom. The molecule has 0 unspecified atom stereocenters. The van der Waals surface area contributed by atoms with Gasteiger partial charge in [0.2, 0.25) is 0 Å². The van der Waals surface area contributed by atoms with E-state index < -0.39 is 35.2 Å². The van der Waals surface area contributed by atoms with E-state index in [-0.39, 0.29) is 22.4 Å². The number of alkyl halides is 6. The smallest absolute Gasteiger partial charge is 0.202 e. The number of nitrogens with one attached hydrogen (secondary N) is 1. The molecule has 1 aromatic heterocycles. The van der Waals surface area contributed by atoms with Gasteiger partial charge in [-0.25, -0.2) is 26.0 Å². The fourth-order valence-electron chi connectivity index (χ4n) is 4.48. The van der Waals surface area contributed by atoms with Gasteiger partial charge in [-0.15, -0.1) is 0 Å². The van der Waals surface area contributed by atoms with Crippen molar-refractivity contribution in [3.63, 3.8) is 0 Å². The Bertz CT molecular complexity index is 1490. The van der Waals surface area contributed by atoms with Crippen LogP contribution in [0.1, 0.15) is 101 Å². The molecule has 0 bridgehead atoms. The van der Waals surface area contributed by atoms with Crippen molar-refractivity contribution in [3.8, 4) is 11.4 Å².